The summed E-state index contributed by atoms with van der Waals surface area (Å²) in [5.74, 6) is -0.592. The van der Waals surface area contributed by atoms with Crippen molar-refractivity contribution in [1.82, 2.24) is 15.1 Å². The Kier molecular flexibility index (Phi) is 5.71. The van der Waals surface area contributed by atoms with Gasteiger partial charge in [0, 0.05) is 18.2 Å². The second-order valence-corrected chi connectivity index (χ2v) is 6.03. The highest BCUT2D eigenvalue weighted by atomic mass is 19.4. The third-order valence-electron chi connectivity index (χ3n) is 4.00. The summed E-state index contributed by atoms with van der Waals surface area (Å²) in [6.07, 6.45) is -3.40. The smallest absolute Gasteiger partial charge is 0.463 e. The van der Waals surface area contributed by atoms with Crippen LogP contribution in [0.15, 0.2) is 64.0 Å². The molecule has 3 aromatic rings. The molecule has 0 aliphatic heterocycles. The molecule has 1 N–H and O–H groups in total. The number of carbonyl (C=O) groups excluding carboxylic acids is 1. The molecular formula is C19H16F3N3O4. The monoisotopic (exact) mass is 407 g/mol. The molecule has 1 amide bonds. The van der Waals surface area contributed by atoms with E-state index < -0.39 is 29.6 Å². The normalized spacial score (nSPS) is 12.4. The highest BCUT2D eigenvalue weighted by Crippen LogP contribution is 2.26. The van der Waals surface area contributed by atoms with Crippen molar-refractivity contribution in [3.05, 3.63) is 70.7 Å². The number of benzene rings is 1. The van der Waals surface area contributed by atoms with Crippen LogP contribution in [0.1, 0.15) is 18.5 Å². The maximum absolute atomic E-state index is 12.5. The average molecular weight is 407 g/mol. The first-order chi connectivity index (χ1) is 13.7. The lowest BCUT2D eigenvalue weighted by Crippen LogP contribution is -2.36. The Labute approximate surface area is 162 Å². The van der Waals surface area contributed by atoms with Crippen LogP contribution in [0.25, 0.3) is 11.5 Å². The van der Waals surface area contributed by atoms with Crippen LogP contribution in [0.2, 0.25) is 0 Å². The van der Waals surface area contributed by atoms with E-state index in [-0.39, 0.29) is 12.1 Å². The lowest BCUT2D eigenvalue weighted by Gasteiger charge is -2.16. The summed E-state index contributed by atoms with van der Waals surface area (Å²) >= 11 is 0. The van der Waals surface area contributed by atoms with Gasteiger partial charge in [-0.1, -0.05) is 18.2 Å². The van der Waals surface area contributed by atoms with Crippen LogP contribution < -0.4 is 15.6 Å². The summed E-state index contributed by atoms with van der Waals surface area (Å²) in [6.45, 7) is 1.23. The quantitative estimate of drug-likeness (QED) is 0.678. The van der Waals surface area contributed by atoms with Crippen molar-refractivity contribution in [2.24, 2.45) is 0 Å². The fraction of sp³-hybridized carbons (Fsp3) is 0.211. The van der Waals surface area contributed by atoms with Crippen LogP contribution in [-0.4, -0.2) is 22.1 Å². The highest BCUT2D eigenvalue weighted by molar-refractivity contribution is 5.79. The number of aromatic nitrogens is 2. The minimum atomic E-state index is -4.85. The molecule has 0 spiro atoms. The van der Waals surface area contributed by atoms with Crippen LogP contribution in [0.5, 0.6) is 5.75 Å². The van der Waals surface area contributed by atoms with Crippen LogP contribution in [0.4, 0.5) is 13.2 Å². The van der Waals surface area contributed by atoms with Crippen LogP contribution in [-0.2, 0) is 11.3 Å². The van der Waals surface area contributed by atoms with Crippen molar-refractivity contribution in [2.45, 2.75) is 25.9 Å². The van der Waals surface area contributed by atoms with Gasteiger partial charge in [0.25, 0.3) is 5.56 Å². The van der Waals surface area contributed by atoms with Gasteiger partial charge in [-0.2, -0.15) is 5.10 Å². The molecular weight excluding hydrogens is 391 g/mol. The molecule has 10 heteroatoms. The lowest BCUT2D eigenvalue weighted by molar-refractivity contribution is -0.274. The number of amides is 1. The van der Waals surface area contributed by atoms with Gasteiger partial charge in [-0.3, -0.25) is 9.59 Å². The van der Waals surface area contributed by atoms with Gasteiger partial charge >= 0.3 is 6.36 Å². The minimum absolute atomic E-state index is 0.134. The summed E-state index contributed by atoms with van der Waals surface area (Å²) in [7, 11) is 0. The maximum Gasteiger partial charge on any atom is 0.573 e. The second-order valence-electron chi connectivity index (χ2n) is 6.03. The van der Waals surface area contributed by atoms with Crippen molar-refractivity contribution in [3.63, 3.8) is 0 Å². The van der Waals surface area contributed by atoms with Gasteiger partial charge < -0.3 is 14.5 Å². The van der Waals surface area contributed by atoms with E-state index >= 15 is 0 Å². The molecule has 152 valence electrons. The molecule has 29 heavy (non-hydrogen) atoms. The number of hydrogen-bond acceptors (Lipinski definition) is 5. The van der Waals surface area contributed by atoms with Gasteiger partial charge in [0.1, 0.15) is 17.5 Å². The first kappa shape index (κ1) is 20.2. The van der Waals surface area contributed by atoms with Gasteiger partial charge in [-0.25, -0.2) is 4.68 Å². The Morgan fingerprint density at radius 1 is 1.21 bits per heavy atom. The molecule has 0 bridgehead atoms. The fourth-order valence-electron chi connectivity index (χ4n) is 2.57. The van der Waals surface area contributed by atoms with Gasteiger partial charge in [-0.05, 0) is 31.2 Å². The molecule has 0 saturated heterocycles. The SMILES string of the molecule is CC(C(=O)NCc1ccccc1OC(F)(F)F)n1nc(-c2ccco2)ccc1=O. The molecule has 3 rings (SSSR count). The van der Waals surface area contributed by atoms with Crippen molar-refractivity contribution >= 4 is 5.91 Å². The molecule has 1 aromatic carbocycles. The van der Waals surface area contributed by atoms with Gasteiger partial charge in [0.2, 0.25) is 5.91 Å². The van der Waals surface area contributed by atoms with Gasteiger partial charge in [-0.15, -0.1) is 13.2 Å². The number of carbonyl (C=O) groups is 1. The summed E-state index contributed by atoms with van der Waals surface area (Å²) in [5.41, 5.74) is -0.0167. The largest absolute Gasteiger partial charge is 0.573 e. The van der Waals surface area contributed by atoms with E-state index in [1.807, 2.05) is 0 Å². The molecule has 1 unspecified atom stereocenters. The van der Waals surface area contributed by atoms with E-state index in [9.17, 15) is 22.8 Å². The molecule has 0 radical (unpaired) electrons. The van der Waals surface area contributed by atoms with E-state index in [2.05, 4.69) is 15.2 Å². The molecule has 2 aromatic heterocycles. The predicted molar refractivity (Wildman–Crippen MR) is 95.9 cm³/mol. The number of ether oxygens (including phenoxy) is 1. The molecule has 7 nitrogen and oxygen atoms in total. The summed E-state index contributed by atoms with van der Waals surface area (Å²) in [4.78, 5) is 24.6. The molecule has 0 fully saturated rings. The Morgan fingerprint density at radius 2 is 1.97 bits per heavy atom. The fourth-order valence-corrected chi connectivity index (χ4v) is 2.57. The zero-order chi connectivity index (χ0) is 21.0. The minimum Gasteiger partial charge on any atom is -0.463 e. The molecule has 0 saturated carbocycles. The predicted octanol–water partition coefficient (Wildman–Crippen LogP) is 3.28. The number of furan rings is 1. The number of hydrogen-bond donors (Lipinski definition) is 1. The molecule has 0 aliphatic carbocycles. The summed E-state index contributed by atoms with van der Waals surface area (Å²) in [6, 6.07) is 10.5. The average Bonchev–Trinajstić information content (AvgIpc) is 3.20. The third kappa shape index (κ3) is 5.03. The van der Waals surface area contributed by atoms with Crippen LogP contribution in [0, 0.1) is 0 Å². The standard InChI is InChI=1S/C19H16F3N3O4/c1-12(25-17(26)9-8-14(24-25)16-7-4-10-28-16)18(27)23-11-13-5-2-3-6-15(13)29-19(20,21)22/h2-10,12H,11H2,1H3,(H,23,27). The summed E-state index contributed by atoms with van der Waals surface area (Å²) in [5, 5.41) is 6.63. The number of nitrogens with one attached hydrogen (secondary N) is 1. The number of rotatable bonds is 6. The topological polar surface area (TPSA) is 86.4 Å². The highest BCUT2D eigenvalue weighted by Gasteiger charge is 2.32. The number of alkyl halides is 3. The van der Waals surface area contributed by atoms with E-state index in [0.29, 0.717) is 11.5 Å². The number of halogens is 3. The Balaban J connectivity index is 1.74. The zero-order valence-electron chi connectivity index (χ0n) is 15.1. The van der Waals surface area contributed by atoms with E-state index in [4.69, 9.17) is 4.42 Å². The Morgan fingerprint density at radius 3 is 2.66 bits per heavy atom. The Hall–Kier alpha value is -3.56. The Bertz CT molecular complexity index is 1050. The third-order valence-corrected chi connectivity index (χ3v) is 4.00. The molecule has 0 aliphatic rings. The van der Waals surface area contributed by atoms with E-state index in [0.717, 1.165) is 10.7 Å². The van der Waals surface area contributed by atoms with Crippen molar-refractivity contribution in [3.8, 4) is 17.2 Å². The lowest BCUT2D eigenvalue weighted by atomic mass is 10.2. The number of para-hydroxylation sites is 1. The first-order valence-corrected chi connectivity index (χ1v) is 8.50. The maximum atomic E-state index is 12.5. The first-order valence-electron chi connectivity index (χ1n) is 8.50. The number of nitrogens with zero attached hydrogens (tertiary/aromatic N) is 2. The van der Waals surface area contributed by atoms with Gasteiger partial charge in [0.05, 0.1) is 6.26 Å². The van der Waals surface area contributed by atoms with Crippen LogP contribution >= 0.6 is 0 Å². The van der Waals surface area contributed by atoms with Crippen molar-refractivity contribution in [1.29, 1.82) is 0 Å². The van der Waals surface area contributed by atoms with Gasteiger partial charge in [0.15, 0.2) is 5.76 Å². The van der Waals surface area contributed by atoms with E-state index in [1.54, 1.807) is 12.1 Å². The van der Waals surface area contributed by atoms with Crippen molar-refractivity contribution in [2.75, 3.05) is 0 Å². The van der Waals surface area contributed by atoms with Crippen molar-refractivity contribution < 1.29 is 27.1 Å². The zero-order valence-corrected chi connectivity index (χ0v) is 15.1. The second kappa shape index (κ2) is 8.21. The molecule has 2 heterocycles. The van der Waals surface area contributed by atoms with E-state index in [1.165, 1.54) is 43.5 Å². The molecule has 1 atom stereocenters. The summed E-state index contributed by atoms with van der Waals surface area (Å²) < 4.78 is 47.7. The van der Waals surface area contributed by atoms with Crippen LogP contribution in [0.3, 0.4) is 0 Å².